The molecule has 0 spiro atoms. The Kier molecular flexibility index (Phi) is 5.23. The van der Waals surface area contributed by atoms with Gasteiger partial charge in [-0.1, -0.05) is 23.5 Å². The lowest BCUT2D eigenvalue weighted by Crippen LogP contribution is -2.27. The quantitative estimate of drug-likeness (QED) is 0.686. The van der Waals surface area contributed by atoms with E-state index in [2.05, 4.69) is 15.6 Å². The SMILES string of the molecule is COc1cccc2sc(NC(=O)c3cccc(NC(=O)C4CCCO4)c3)nc12. The topological polar surface area (TPSA) is 89.6 Å². The number of amides is 2. The summed E-state index contributed by atoms with van der Waals surface area (Å²) >= 11 is 1.37. The van der Waals surface area contributed by atoms with Crippen LogP contribution in [0.1, 0.15) is 23.2 Å². The van der Waals surface area contributed by atoms with Crippen LogP contribution in [0.5, 0.6) is 5.75 Å². The molecule has 3 aromatic rings. The van der Waals surface area contributed by atoms with Gasteiger partial charge in [-0.05, 0) is 43.2 Å². The molecule has 2 N–H and O–H groups in total. The van der Waals surface area contributed by atoms with Crippen molar-refractivity contribution in [3.63, 3.8) is 0 Å². The molecule has 2 heterocycles. The highest BCUT2D eigenvalue weighted by atomic mass is 32.1. The molecule has 1 fully saturated rings. The lowest BCUT2D eigenvalue weighted by atomic mass is 10.1. The lowest BCUT2D eigenvalue weighted by molar-refractivity contribution is -0.124. The zero-order valence-electron chi connectivity index (χ0n) is 15.2. The summed E-state index contributed by atoms with van der Waals surface area (Å²) in [6, 6.07) is 12.4. The molecule has 144 valence electrons. The summed E-state index contributed by atoms with van der Waals surface area (Å²) in [7, 11) is 1.59. The van der Waals surface area contributed by atoms with Crippen LogP contribution in [0.3, 0.4) is 0 Å². The first-order valence-corrected chi connectivity index (χ1v) is 9.73. The average Bonchev–Trinajstić information content (AvgIpc) is 3.37. The van der Waals surface area contributed by atoms with Crippen molar-refractivity contribution in [1.82, 2.24) is 4.98 Å². The van der Waals surface area contributed by atoms with Gasteiger partial charge in [-0.15, -0.1) is 0 Å². The minimum atomic E-state index is -0.421. The summed E-state index contributed by atoms with van der Waals surface area (Å²) in [5, 5.41) is 6.10. The molecule has 1 unspecified atom stereocenters. The van der Waals surface area contributed by atoms with Gasteiger partial charge in [0.2, 0.25) is 0 Å². The van der Waals surface area contributed by atoms with Gasteiger partial charge in [0, 0.05) is 17.9 Å². The molecule has 2 aromatic carbocycles. The molecule has 8 heteroatoms. The predicted molar refractivity (Wildman–Crippen MR) is 108 cm³/mol. The molecule has 1 aromatic heterocycles. The Labute approximate surface area is 165 Å². The molecule has 0 aliphatic carbocycles. The van der Waals surface area contributed by atoms with Crippen LogP contribution in [-0.2, 0) is 9.53 Å². The number of methoxy groups -OCH3 is 1. The van der Waals surface area contributed by atoms with Crippen molar-refractivity contribution >= 4 is 44.2 Å². The number of hydrogen-bond acceptors (Lipinski definition) is 6. The number of rotatable bonds is 5. The van der Waals surface area contributed by atoms with Gasteiger partial charge in [0.1, 0.15) is 17.4 Å². The normalized spacial score (nSPS) is 16.1. The minimum Gasteiger partial charge on any atom is -0.494 e. The number of ether oxygens (including phenoxy) is 2. The number of anilines is 2. The molecule has 1 aliphatic heterocycles. The number of nitrogens with zero attached hydrogens (tertiary/aromatic N) is 1. The smallest absolute Gasteiger partial charge is 0.257 e. The second-order valence-corrected chi connectivity index (χ2v) is 7.38. The van der Waals surface area contributed by atoms with E-state index in [1.165, 1.54) is 11.3 Å². The Morgan fingerprint density at radius 2 is 2.07 bits per heavy atom. The van der Waals surface area contributed by atoms with E-state index in [9.17, 15) is 9.59 Å². The van der Waals surface area contributed by atoms with Crippen molar-refractivity contribution in [2.75, 3.05) is 24.4 Å². The number of aromatic nitrogens is 1. The first-order valence-electron chi connectivity index (χ1n) is 8.91. The summed E-state index contributed by atoms with van der Waals surface area (Å²) in [4.78, 5) is 29.3. The van der Waals surface area contributed by atoms with Crippen LogP contribution in [0.2, 0.25) is 0 Å². The van der Waals surface area contributed by atoms with E-state index in [-0.39, 0.29) is 11.8 Å². The van der Waals surface area contributed by atoms with Crippen molar-refractivity contribution in [3.05, 3.63) is 48.0 Å². The minimum absolute atomic E-state index is 0.187. The summed E-state index contributed by atoms with van der Waals surface area (Å²) in [6.45, 7) is 0.605. The second-order valence-electron chi connectivity index (χ2n) is 6.35. The molecule has 2 amide bonds. The zero-order valence-corrected chi connectivity index (χ0v) is 16.0. The van der Waals surface area contributed by atoms with E-state index < -0.39 is 6.10 Å². The van der Waals surface area contributed by atoms with Gasteiger partial charge in [0.25, 0.3) is 11.8 Å². The van der Waals surface area contributed by atoms with E-state index in [4.69, 9.17) is 9.47 Å². The summed E-state index contributed by atoms with van der Waals surface area (Å²) in [6.07, 6.45) is 1.18. The molecular weight excluding hydrogens is 378 g/mol. The van der Waals surface area contributed by atoms with Gasteiger partial charge in [-0.3, -0.25) is 14.9 Å². The molecule has 0 saturated carbocycles. The van der Waals surface area contributed by atoms with Gasteiger partial charge in [-0.2, -0.15) is 0 Å². The first kappa shape index (κ1) is 18.4. The van der Waals surface area contributed by atoms with Crippen LogP contribution in [0.15, 0.2) is 42.5 Å². The van der Waals surface area contributed by atoms with E-state index in [0.717, 1.165) is 11.1 Å². The van der Waals surface area contributed by atoms with Crippen LogP contribution in [0.25, 0.3) is 10.2 Å². The number of carbonyl (C=O) groups excluding carboxylic acids is 2. The molecule has 0 radical (unpaired) electrons. The summed E-state index contributed by atoms with van der Waals surface area (Å²) in [5.41, 5.74) is 1.69. The van der Waals surface area contributed by atoms with Gasteiger partial charge >= 0.3 is 0 Å². The van der Waals surface area contributed by atoms with E-state index in [1.54, 1.807) is 31.4 Å². The van der Waals surface area contributed by atoms with Crippen LogP contribution in [0.4, 0.5) is 10.8 Å². The standard InChI is InChI=1S/C20H19N3O4S/c1-26-14-7-3-9-16-17(14)22-20(28-16)23-18(24)12-5-2-6-13(11-12)21-19(25)15-8-4-10-27-15/h2-3,5-7,9,11,15H,4,8,10H2,1H3,(H,21,25)(H,22,23,24). The fourth-order valence-corrected chi connectivity index (χ4v) is 3.93. The third-order valence-corrected chi connectivity index (χ3v) is 5.37. The molecule has 4 rings (SSSR count). The van der Waals surface area contributed by atoms with E-state index in [1.807, 2.05) is 18.2 Å². The van der Waals surface area contributed by atoms with Gasteiger partial charge in [-0.25, -0.2) is 4.98 Å². The van der Waals surface area contributed by atoms with E-state index >= 15 is 0 Å². The summed E-state index contributed by atoms with van der Waals surface area (Å²) in [5.74, 6) is 0.174. The highest BCUT2D eigenvalue weighted by Crippen LogP contribution is 2.32. The fourth-order valence-electron chi connectivity index (χ4n) is 3.06. The van der Waals surface area contributed by atoms with Crippen molar-refractivity contribution in [2.45, 2.75) is 18.9 Å². The second kappa shape index (κ2) is 7.95. The monoisotopic (exact) mass is 397 g/mol. The van der Waals surface area contributed by atoms with Gasteiger partial charge < -0.3 is 14.8 Å². The molecule has 1 saturated heterocycles. The highest BCUT2D eigenvalue weighted by molar-refractivity contribution is 7.22. The van der Waals surface area contributed by atoms with Crippen LogP contribution < -0.4 is 15.4 Å². The Morgan fingerprint density at radius 1 is 1.21 bits per heavy atom. The van der Waals surface area contributed by atoms with Crippen LogP contribution in [-0.4, -0.2) is 36.6 Å². The molecule has 1 aliphatic rings. The third kappa shape index (κ3) is 3.83. The maximum absolute atomic E-state index is 12.6. The number of nitrogens with one attached hydrogen (secondary N) is 2. The molecular formula is C20H19N3O4S. The first-order chi connectivity index (χ1) is 13.6. The molecule has 1 atom stereocenters. The average molecular weight is 397 g/mol. The molecule has 28 heavy (non-hydrogen) atoms. The number of fused-ring (bicyclic) bond motifs is 1. The predicted octanol–water partition coefficient (Wildman–Crippen LogP) is 3.67. The van der Waals surface area contributed by atoms with Gasteiger partial charge in [0.15, 0.2) is 5.13 Å². The number of thiazole rings is 1. The zero-order chi connectivity index (χ0) is 19.5. The number of carbonyl (C=O) groups is 2. The third-order valence-electron chi connectivity index (χ3n) is 4.44. The van der Waals surface area contributed by atoms with Gasteiger partial charge in [0.05, 0.1) is 11.8 Å². The van der Waals surface area contributed by atoms with Crippen molar-refractivity contribution in [1.29, 1.82) is 0 Å². The Balaban J connectivity index is 1.48. The largest absolute Gasteiger partial charge is 0.494 e. The van der Waals surface area contributed by atoms with Crippen LogP contribution in [0, 0.1) is 0 Å². The van der Waals surface area contributed by atoms with E-state index in [0.29, 0.717) is 40.7 Å². The van der Waals surface area contributed by atoms with Crippen LogP contribution >= 0.6 is 11.3 Å². The molecule has 0 bridgehead atoms. The fraction of sp³-hybridized carbons (Fsp3) is 0.250. The van der Waals surface area contributed by atoms with Crippen molar-refractivity contribution < 1.29 is 19.1 Å². The maximum Gasteiger partial charge on any atom is 0.257 e. The number of para-hydroxylation sites is 1. The highest BCUT2D eigenvalue weighted by Gasteiger charge is 2.23. The Bertz CT molecular complexity index is 1030. The number of benzene rings is 2. The lowest BCUT2D eigenvalue weighted by Gasteiger charge is -2.11. The Hall–Kier alpha value is -2.97. The maximum atomic E-state index is 12.6. The van der Waals surface area contributed by atoms with Crippen molar-refractivity contribution in [3.8, 4) is 5.75 Å². The van der Waals surface area contributed by atoms with Crippen molar-refractivity contribution in [2.24, 2.45) is 0 Å². The number of hydrogen-bond donors (Lipinski definition) is 2. The molecule has 7 nitrogen and oxygen atoms in total. The Morgan fingerprint density at radius 3 is 2.86 bits per heavy atom. The summed E-state index contributed by atoms with van der Waals surface area (Å²) < 4.78 is 11.6.